The van der Waals surface area contributed by atoms with E-state index < -0.39 is 11.9 Å². The molecule has 0 amide bonds. The number of carboxylic acid groups (broad SMARTS) is 1. The molecule has 3 heteroatoms. The van der Waals surface area contributed by atoms with Gasteiger partial charge in [0.05, 0.1) is 5.92 Å². The van der Waals surface area contributed by atoms with E-state index in [1.165, 1.54) is 11.1 Å². The third-order valence-electron chi connectivity index (χ3n) is 3.51. The van der Waals surface area contributed by atoms with Crippen molar-refractivity contribution in [3.05, 3.63) is 69.2 Å². The minimum Gasteiger partial charge on any atom is -0.481 e. The fourth-order valence-electron chi connectivity index (χ4n) is 2.62. The Balaban J connectivity index is 2.15. The maximum absolute atomic E-state index is 11.5. The molecule has 2 aromatic carbocycles. The zero-order valence-electron chi connectivity index (χ0n) is 12.3. The number of aliphatic carboxylic acids is 1. The molecule has 2 nitrogen and oxygen atoms in total. The van der Waals surface area contributed by atoms with Crippen LogP contribution in [0.15, 0.2) is 46.9 Å². The van der Waals surface area contributed by atoms with Crippen molar-refractivity contribution in [2.24, 2.45) is 5.92 Å². The van der Waals surface area contributed by atoms with Crippen LogP contribution in [0.2, 0.25) is 0 Å². The monoisotopic (exact) mass is 346 g/mol. The molecule has 1 atom stereocenters. The van der Waals surface area contributed by atoms with Gasteiger partial charge < -0.3 is 5.11 Å². The highest BCUT2D eigenvalue weighted by molar-refractivity contribution is 9.10. The van der Waals surface area contributed by atoms with Gasteiger partial charge in [-0.15, -0.1) is 0 Å². The first kappa shape index (κ1) is 15.8. The molecular formula is C18H19BrO2. The normalized spacial score (nSPS) is 12.1. The minimum atomic E-state index is -0.739. The molecule has 0 aliphatic heterocycles. The van der Waals surface area contributed by atoms with Crippen LogP contribution < -0.4 is 0 Å². The number of rotatable bonds is 5. The highest BCUT2D eigenvalue weighted by Gasteiger charge is 2.19. The van der Waals surface area contributed by atoms with Crippen LogP contribution in [0.5, 0.6) is 0 Å². The smallest absolute Gasteiger partial charge is 0.307 e. The first-order valence-corrected chi connectivity index (χ1v) is 7.78. The lowest BCUT2D eigenvalue weighted by molar-refractivity contribution is -0.141. The molecule has 1 unspecified atom stereocenters. The van der Waals surface area contributed by atoms with Gasteiger partial charge in [0.1, 0.15) is 0 Å². The summed E-state index contributed by atoms with van der Waals surface area (Å²) in [5, 5.41) is 9.48. The SMILES string of the molecule is Cc1cc(C)cc(CC(Cc2ccc(Br)cc2)C(=O)O)c1. The Morgan fingerprint density at radius 2 is 1.52 bits per heavy atom. The molecule has 1 N–H and O–H groups in total. The maximum atomic E-state index is 11.5. The average molecular weight is 347 g/mol. The van der Waals surface area contributed by atoms with Gasteiger partial charge in [0.2, 0.25) is 0 Å². The topological polar surface area (TPSA) is 37.3 Å². The van der Waals surface area contributed by atoms with Crippen LogP contribution in [0.1, 0.15) is 22.3 Å². The van der Waals surface area contributed by atoms with Crippen LogP contribution in [0.4, 0.5) is 0 Å². The van der Waals surface area contributed by atoms with Crippen LogP contribution in [0, 0.1) is 19.8 Å². The van der Waals surface area contributed by atoms with Crippen LogP contribution in [-0.2, 0) is 17.6 Å². The Bertz CT molecular complexity index is 612. The third kappa shape index (κ3) is 4.71. The predicted molar refractivity (Wildman–Crippen MR) is 88.6 cm³/mol. The summed E-state index contributed by atoms with van der Waals surface area (Å²) in [5.41, 5.74) is 4.50. The van der Waals surface area contributed by atoms with Gasteiger partial charge in [0, 0.05) is 4.47 Å². The second kappa shape index (κ2) is 6.90. The van der Waals surface area contributed by atoms with Crippen LogP contribution in [0.3, 0.4) is 0 Å². The molecule has 110 valence electrons. The van der Waals surface area contributed by atoms with Crippen molar-refractivity contribution in [2.75, 3.05) is 0 Å². The highest BCUT2D eigenvalue weighted by atomic mass is 79.9. The number of halogens is 1. The van der Waals surface area contributed by atoms with Crippen molar-refractivity contribution in [2.45, 2.75) is 26.7 Å². The molecule has 2 aromatic rings. The molecule has 0 spiro atoms. The molecule has 0 fully saturated rings. The summed E-state index contributed by atoms with van der Waals surface area (Å²) in [6.07, 6.45) is 1.11. The largest absolute Gasteiger partial charge is 0.481 e. The molecule has 0 saturated heterocycles. The number of hydrogen-bond acceptors (Lipinski definition) is 1. The summed E-state index contributed by atoms with van der Waals surface area (Å²) < 4.78 is 1.01. The van der Waals surface area contributed by atoms with Crippen LogP contribution >= 0.6 is 15.9 Å². The van der Waals surface area contributed by atoms with E-state index in [2.05, 4.69) is 34.1 Å². The van der Waals surface area contributed by atoms with Crippen molar-refractivity contribution in [3.8, 4) is 0 Å². The van der Waals surface area contributed by atoms with Gasteiger partial charge in [0.15, 0.2) is 0 Å². The number of benzene rings is 2. The van der Waals surface area contributed by atoms with Crippen molar-refractivity contribution < 1.29 is 9.90 Å². The van der Waals surface area contributed by atoms with E-state index in [0.29, 0.717) is 12.8 Å². The molecule has 0 bridgehead atoms. The molecule has 0 aromatic heterocycles. The second-order valence-corrected chi connectivity index (χ2v) is 6.48. The molecule has 21 heavy (non-hydrogen) atoms. The van der Waals surface area contributed by atoms with Crippen molar-refractivity contribution >= 4 is 21.9 Å². The van der Waals surface area contributed by atoms with E-state index in [0.717, 1.165) is 15.6 Å². The summed E-state index contributed by atoms with van der Waals surface area (Å²) in [6, 6.07) is 14.1. The maximum Gasteiger partial charge on any atom is 0.307 e. The molecule has 2 rings (SSSR count). The number of carbonyl (C=O) groups is 1. The first-order valence-electron chi connectivity index (χ1n) is 6.98. The van der Waals surface area contributed by atoms with Crippen molar-refractivity contribution in [3.63, 3.8) is 0 Å². The lowest BCUT2D eigenvalue weighted by Gasteiger charge is -2.14. The Hall–Kier alpha value is -1.61. The van der Waals surface area contributed by atoms with Gasteiger partial charge in [-0.1, -0.05) is 57.4 Å². The number of carboxylic acids is 1. The Kier molecular flexibility index (Phi) is 5.18. The fraction of sp³-hybridized carbons (Fsp3) is 0.278. The van der Waals surface area contributed by atoms with E-state index in [1.807, 2.05) is 38.1 Å². The van der Waals surface area contributed by atoms with Crippen LogP contribution in [-0.4, -0.2) is 11.1 Å². The van der Waals surface area contributed by atoms with Gasteiger partial charge in [-0.2, -0.15) is 0 Å². The molecule has 0 radical (unpaired) electrons. The van der Waals surface area contributed by atoms with Gasteiger partial charge >= 0.3 is 5.97 Å². The van der Waals surface area contributed by atoms with Crippen LogP contribution in [0.25, 0.3) is 0 Å². The van der Waals surface area contributed by atoms with E-state index in [-0.39, 0.29) is 0 Å². The fourth-order valence-corrected chi connectivity index (χ4v) is 2.89. The van der Waals surface area contributed by atoms with E-state index in [1.54, 1.807) is 0 Å². The molecule has 0 aliphatic carbocycles. The van der Waals surface area contributed by atoms with Gasteiger partial charge in [-0.05, 0) is 49.9 Å². The highest BCUT2D eigenvalue weighted by Crippen LogP contribution is 2.19. The first-order chi connectivity index (χ1) is 9.94. The van der Waals surface area contributed by atoms with E-state index >= 15 is 0 Å². The standard InChI is InChI=1S/C18H19BrO2/c1-12-7-13(2)9-15(8-12)11-16(18(20)21)10-14-3-5-17(19)6-4-14/h3-9,16H,10-11H2,1-2H3,(H,20,21). The molecule has 0 heterocycles. The molecule has 0 aliphatic rings. The van der Waals surface area contributed by atoms with Gasteiger partial charge in [0.25, 0.3) is 0 Å². The summed E-state index contributed by atoms with van der Waals surface area (Å²) in [5.74, 6) is -1.13. The van der Waals surface area contributed by atoms with Crippen molar-refractivity contribution in [1.29, 1.82) is 0 Å². The van der Waals surface area contributed by atoms with E-state index in [4.69, 9.17) is 0 Å². The summed E-state index contributed by atoms with van der Waals surface area (Å²) >= 11 is 3.39. The zero-order chi connectivity index (χ0) is 15.4. The quantitative estimate of drug-likeness (QED) is 0.861. The summed E-state index contributed by atoms with van der Waals surface area (Å²) in [4.78, 5) is 11.5. The molecule has 0 saturated carbocycles. The van der Waals surface area contributed by atoms with Gasteiger partial charge in [-0.3, -0.25) is 4.79 Å². The number of hydrogen-bond donors (Lipinski definition) is 1. The summed E-state index contributed by atoms with van der Waals surface area (Å²) in [6.45, 7) is 4.09. The second-order valence-electron chi connectivity index (χ2n) is 5.57. The number of aryl methyl sites for hydroxylation is 2. The Labute approximate surface area is 134 Å². The lowest BCUT2D eigenvalue weighted by Crippen LogP contribution is -2.19. The Morgan fingerprint density at radius 3 is 2.05 bits per heavy atom. The average Bonchev–Trinajstić information content (AvgIpc) is 2.39. The van der Waals surface area contributed by atoms with Crippen molar-refractivity contribution in [1.82, 2.24) is 0 Å². The predicted octanol–water partition coefficient (Wildman–Crippen LogP) is 4.55. The third-order valence-corrected chi connectivity index (χ3v) is 4.04. The lowest BCUT2D eigenvalue weighted by atomic mass is 9.91. The zero-order valence-corrected chi connectivity index (χ0v) is 13.9. The van der Waals surface area contributed by atoms with Gasteiger partial charge in [-0.25, -0.2) is 0 Å². The van der Waals surface area contributed by atoms with E-state index in [9.17, 15) is 9.90 Å². The minimum absolute atomic E-state index is 0.396. The molecular weight excluding hydrogens is 328 g/mol. The Morgan fingerprint density at radius 1 is 1.00 bits per heavy atom. The summed E-state index contributed by atoms with van der Waals surface area (Å²) in [7, 11) is 0.